The minimum atomic E-state index is -0.544. The van der Waals surface area contributed by atoms with Gasteiger partial charge in [0.2, 0.25) is 0 Å². The molecule has 9 nitrogen and oxygen atoms in total. The number of benzene rings is 3. The highest BCUT2D eigenvalue weighted by Crippen LogP contribution is 2.38. The summed E-state index contributed by atoms with van der Waals surface area (Å²) in [6.45, 7) is 1.87. The second kappa shape index (κ2) is 11.0. The number of nitrogens with zero attached hydrogens (tertiary/aromatic N) is 3. The normalized spacial score (nSPS) is 11.9. The van der Waals surface area contributed by atoms with Gasteiger partial charge in [-0.25, -0.2) is 9.97 Å². The standard InChI is InChI=1S/C32H26ClN5O4/c1-18(37-31-27-23(39)14-15-34-30(27)35-17-36-31)29-28(33)22-11-7-10-21(19-12-13-24(41-2)25(16-19)42-3)26(22)32(40)38(29)20-8-5-4-6-9-20/h4-18H,1-3H3,(H2,34,35,36,37,39)/t18-/m0/s1. The molecule has 3 heterocycles. The Morgan fingerprint density at radius 1 is 0.905 bits per heavy atom. The molecular weight excluding hydrogens is 554 g/mol. The zero-order chi connectivity index (χ0) is 29.4. The van der Waals surface area contributed by atoms with Crippen LogP contribution in [0, 0.1) is 0 Å². The van der Waals surface area contributed by atoms with Crippen LogP contribution in [0.4, 0.5) is 5.82 Å². The maximum atomic E-state index is 14.5. The van der Waals surface area contributed by atoms with Crippen molar-refractivity contribution in [1.29, 1.82) is 0 Å². The summed E-state index contributed by atoms with van der Waals surface area (Å²) in [4.78, 5) is 38.8. The van der Waals surface area contributed by atoms with Gasteiger partial charge in [0.05, 0.1) is 36.4 Å². The molecular formula is C32H26ClN5O4. The number of nitrogens with one attached hydrogen (secondary N) is 2. The van der Waals surface area contributed by atoms with Gasteiger partial charge in [-0.2, -0.15) is 0 Å². The molecule has 210 valence electrons. The summed E-state index contributed by atoms with van der Waals surface area (Å²) in [6, 6.07) is 21.3. The molecule has 0 radical (unpaired) electrons. The number of pyridine rings is 2. The van der Waals surface area contributed by atoms with Crippen LogP contribution < -0.4 is 25.8 Å². The van der Waals surface area contributed by atoms with E-state index in [1.54, 1.807) is 24.9 Å². The number of anilines is 1. The molecule has 10 heteroatoms. The van der Waals surface area contributed by atoms with Crippen molar-refractivity contribution >= 4 is 39.2 Å². The molecule has 0 bridgehead atoms. The van der Waals surface area contributed by atoms with Gasteiger partial charge in [-0.05, 0) is 42.3 Å². The third kappa shape index (κ3) is 4.53. The van der Waals surface area contributed by atoms with Gasteiger partial charge in [0.15, 0.2) is 16.9 Å². The van der Waals surface area contributed by atoms with Crippen molar-refractivity contribution in [3.05, 3.63) is 117 Å². The predicted molar refractivity (Wildman–Crippen MR) is 165 cm³/mol. The Kier molecular flexibility index (Phi) is 7.10. The number of para-hydroxylation sites is 1. The maximum absolute atomic E-state index is 14.5. The summed E-state index contributed by atoms with van der Waals surface area (Å²) in [5.74, 6) is 1.46. The van der Waals surface area contributed by atoms with Crippen LogP contribution in [0.3, 0.4) is 0 Å². The molecule has 1 atom stereocenters. The van der Waals surface area contributed by atoms with Gasteiger partial charge in [-0.1, -0.05) is 54.1 Å². The van der Waals surface area contributed by atoms with Crippen molar-refractivity contribution in [2.24, 2.45) is 0 Å². The van der Waals surface area contributed by atoms with E-state index in [2.05, 4.69) is 20.3 Å². The van der Waals surface area contributed by atoms with Gasteiger partial charge in [0, 0.05) is 23.3 Å². The minimum Gasteiger partial charge on any atom is -0.493 e. The summed E-state index contributed by atoms with van der Waals surface area (Å²) in [7, 11) is 3.14. The lowest BCUT2D eigenvalue weighted by molar-refractivity contribution is 0.355. The smallest absolute Gasteiger partial charge is 0.263 e. The molecule has 3 aromatic heterocycles. The van der Waals surface area contributed by atoms with E-state index in [0.717, 1.165) is 5.56 Å². The first kappa shape index (κ1) is 27.0. The van der Waals surface area contributed by atoms with Crippen LogP contribution in [0.2, 0.25) is 5.02 Å². The highest BCUT2D eigenvalue weighted by Gasteiger charge is 2.24. The van der Waals surface area contributed by atoms with Crippen molar-refractivity contribution in [2.45, 2.75) is 13.0 Å². The fraction of sp³-hybridized carbons (Fsp3) is 0.125. The molecule has 3 aromatic carbocycles. The molecule has 0 fully saturated rings. The summed E-state index contributed by atoms with van der Waals surface area (Å²) in [5.41, 5.74) is 2.55. The number of aromatic amines is 1. The first-order valence-electron chi connectivity index (χ1n) is 13.2. The predicted octanol–water partition coefficient (Wildman–Crippen LogP) is 6.13. The van der Waals surface area contributed by atoms with Crippen LogP contribution >= 0.6 is 11.6 Å². The Morgan fingerprint density at radius 2 is 1.69 bits per heavy atom. The molecule has 0 aliphatic heterocycles. The Bertz CT molecular complexity index is 2070. The van der Waals surface area contributed by atoms with E-state index in [9.17, 15) is 9.59 Å². The molecule has 0 saturated heterocycles. The zero-order valence-corrected chi connectivity index (χ0v) is 23.8. The maximum Gasteiger partial charge on any atom is 0.263 e. The fourth-order valence-corrected chi connectivity index (χ4v) is 5.68. The van der Waals surface area contributed by atoms with E-state index >= 15 is 0 Å². The molecule has 0 aliphatic rings. The second-order valence-corrected chi connectivity index (χ2v) is 10.0. The van der Waals surface area contributed by atoms with Gasteiger partial charge < -0.3 is 19.8 Å². The third-order valence-corrected chi connectivity index (χ3v) is 7.60. The lowest BCUT2D eigenvalue weighted by Gasteiger charge is -2.24. The quantitative estimate of drug-likeness (QED) is 0.234. The Hall–Kier alpha value is -5.15. The number of H-pyrrole nitrogens is 1. The van der Waals surface area contributed by atoms with Crippen LogP contribution in [0.1, 0.15) is 18.7 Å². The lowest BCUT2D eigenvalue weighted by Crippen LogP contribution is -2.27. The molecule has 0 amide bonds. The molecule has 6 rings (SSSR count). The molecule has 0 spiro atoms. The van der Waals surface area contributed by atoms with Crippen molar-refractivity contribution in [2.75, 3.05) is 19.5 Å². The Balaban J connectivity index is 1.61. The van der Waals surface area contributed by atoms with Crippen LogP contribution in [0.25, 0.3) is 38.6 Å². The molecule has 0 aliphatic carbocycles. The van der Waals surface area contributed by atoms with Crippen LogP contribution in [-0.2, 0) is 0 Å². The van der Waals surface area contributed by atoms with Crippen molar-refractivity contribution in [3.63, 3.8) is 0 Å². The summed E-state index contributed by atoms with van der Waals surface area (Å²) >= 11 is 7.20. The molecule has 0 unspecified atom stereocenters. The zero-order valence-electron chi connectivity index (χ0n) is 23.0. The minimum absolute atomic E-state index is 0.233. The van der Waals surface area contributed by atoms with Gasteiger partial charge in [0.25, 0.3) is 5.56 Å². The van der Waals surface area contributed by atoms with Crippen molar-refractivity contribution < 1.29 is 9.47 Å². The first-order chi connectivity index (χ1) is 20.4. The van der Waals surface area contributed by atoms with Crippen molar-refractivity contribution in [3.8, 4) is 28.3 Å². The number of halogens is 1. The van der Waals surface area contributed by atoms with E-state index in [4.69, 9.17) is 21.1 Å². The van der Waals surface area contributed by atoms with Gasteiger partial charge in [-0.15, -0.1) is 0 Å². The molecule has 42 heavy (non-hydrogen) atoms. The molecule has 6 aromatic rings. The topological polar surface area (TPSA) is 111 Å². The Morgan fingerprint density at radius 3 is 2.45 bits per heavy atom. The average Bonchev–Trinajstić information content (AvgIpc) is 3.02. The average molecular weight is 580 g/mol. The summed E-state index contributed by atoms with van der Waals surface area (Å²) in [6.07, 6.45) is 2.91. The van der Waals surface area contributed by atoms with Gasteiger partial charge in [0.1, 0.15) is 23.2 Å². The van der Waals surface area contributed by atoms with Gasteiger partial charge in [-0.3, -0.25) is 14.2 Å². The van der Waals surface area contributed by atoms with E-state index in [1.807, 2.05) is 67.6 Å². The Labute approximate surface area is 245 Å². The number of ether oxygens (including phenoxy) is 2. The van der Waals surface area contributed by atoms with E-state index in [1.165, 1.54) is 18.6 Å². The highest BCUT2D eigenvalue weighted by molar-refractivity contribution is 6.36. The van der Waals surface area contributed by atoms with E-state index in [0.29, 0.717) is 61.1 Å². The number of rotatable bonds is 7. The van der Waals surface area contributed by atoms with E-state index < -0.39 is 6.04 Å². The SMILES string of the molecule is COc1ccc(-c2cccc3c(Cl)c([C@H](C)Nc4ncnc5[nH]ccc(=O)c45)n(-c4ccccc4)c(=O)c23)cc1OC. The van der Waals surface area contributed by atoms with E-state index in [-0.39, 0.29) is 11.0 Å². The fourth-order valence-electron chi connectivity index (χ4n) is 5.28. The number of aromatic nitrogens is 4. The monoisotopic (exact) mass is 579 g/mol. The van der Waals surface area contributed by atoms with Crippen molar-refractivity contribution in [1.82, 2.24) is 19.5 Å². The number of hydrogen-bond acceptors (Lipinski definition) is 7. The third-order valence-electron chi connectivity index (χ3n) is 7.20. The number of methoxy groups -OCH3 is 2. The van der Waals surface area contributed by atoms with Crippen LogP contribution in [0.15, 0.2) is 94.9 Å². The lowest BCUT2D eigenvalue weighted by atomic mass is 9.97. The second-order valence-electron chi connectivity index (χ2n) is 9.63. The highest BCUT2D eigenvalue weighted by atomic mass is 35.5. The first-order valence-corrected chi connectivity index (χ1v) is 13.5. The number of hydrogen-bond donors (Lipinski definition) is 2. The largest absolute Gasteiger partial charge is 0.493 e. The van der Waals surface area contributed by atoms with Crippen LogP contribution in [-0.4, -0.2) is 33.7 Å². The summed E-state index contributed by atoms with van der Waals surface area (Å²) in [5, 5.41) is 5.07. The molecule has 2 N–H and O–H groups in total. The van der Waals surface area contributed by atoms with Gasteiger partial charge >= 0.3 is 0 Å². The number of fused-ring (bicyclic) bond motifs is 2. The van der Waals surface area contributed by atoms with Crippen LogP contribution in [0.5, 0.6) is 11.5 Å². The summed E-state index contributed by atoms with van der Waals surface area (Å²) < 4.78 is 12.5. The molecule has 0 saturated carbocycles.